The average molecular weight is 350 g/mol. The number of imidazole rings is 1. The van der Waals surface area contributed by atoms with Gasteiger partial charge in [-0.2, -0.15) is 0 Å². The van der Waals surface area contributed by atoms with Crippen molar-refractivity contribution in [3.63, 3.8) is 0 Å². The molecule has 5 nitrogen and oxygen atoms in total. The number of para-hydroxylation sites is 3. The number of fused-ring (bicyclic) bond motifs is 1. The van der Waals surface area contributed by atoms with Crippen molar-refractivity contribution in [3.8, 4) is 5.75 Å². The molecule has 6 heteroatoms. The SMILES string of the molecule is CN(C)CCn1c(COc2ccccc2)nc2ccccc21.Cl.O. The highest BCUT2D eigenvalue weighted by Crippen LogP contribution is 2.18. The lowest BCUT2D eigenvalue weighted by Crippen LogP contribution is -2.20. The quantitative estimate of drug-likeness (QED) is 0.687. The Morgan fingerprint density at radius 2 is 1.67 bits per heavy atom. The Labute approximate surface area is 148 Å². The van der Waals surface area contributed by atoms with Gasteiger partial charge in [0, 0.05) is 13.1 Å². The molecule has 0 fully saturated rings. The van der Waals surface area contributed by atoms with Crippen molar-refractivity contribution in [1.29, 1.82) is 0 Å². The van der Waals surface area contributed by atoms with Crippen LogP contribution in [-0.2, 0) is 13.2 Å². The number of halogens is 1. The van der Waals surface area contributed by atoms with Crippen LogP contribution in [0.5, 0.6) is 5.75 Å². The summed E-state index contributed by atoms with van der Waals surface area (Å²) in [4.78, 5) is 6.90. The molecule has 24 heavy (non-hydrogen) atoms. The molecule has 0 amide bonds. The second-order valence-corrected chi connectivity index (χ2v) is 5.57. The normalized spacial score (nSPS) is 10.3. The van der Waals surface area contributed by atoms with Crippen LogP contribution in [0.2, 0.25) is 0 Å². The molecule has 130 valence electrons. The number of hydrogen-bond acceptors (Lipinski definition) is 3. The fraction of sp³-hybridized carbons (Fsp3) is 0.278. The number of likely N-dealkylation sites (N-methyl/N-ethyl adjacent to an activating group) is 1. The molecule has 0 atom stereocenters. The minimum atomic E-state index is 0. The van der Waals surface area contributed by atoms with Gasteiger partial charge in [-0.25, -0.2) is 4.98 Å². The fourth-order valence-corrected chi connectivity index (χ4v) is 2.45. The zero-order valence-corrected chi connectivity index (χ0v) is 14.8. The van der Waals surface area contributed by atoms with Gasteiger partial charge in [0.05, 0.1) is 11.0 Å². The average Bonchev–Trinajstić information content (AvgIpc) is 2.89. The lowest BCUT2D eigenvalue weighted by Gasteiger charge is -2.13. The van der Waals surface area contributed by atoms with Gasteiger partial charge in [-0.1, -0.05) is 30.3 Å². The predicted molar refractivity (Wildman–Crippen MR) is 99.9 cm³/mol. The summed E-state index contributed by atoms with van der Waals surface area (Å²) < 4.78 is 8.12. The van der Waals surface area contributed by atoms with Crippen LogP contribution in [0, 0.1) is 0 Å². The zero-order valence-electron chi connectivity index (χ0n) is 14.0. The standard InChI is InChI=1S/C18H21N3O.ClH.H2O/c1-20(2)12-13-21-17-11-7-6-10-16(17)19-18(21)14-22-15-8-4-3-5-9-15;;/h3-11H,12-14H2,1-2H3;1H;1H2. The first kappa shape index (κ1) is 20.0. The van der Waals surface area contributed by atoms with Gasteiger partial charge in [0.25, 0.3) is 0 Å². The smallest absolute Gasteiger partial charge is 0.148 e. The molecule has 0 saturated carbocycles. The summed E-state index contributed by atoms with van der Waals surface area (Å²) in [5, 5.41) is 0. The molecule has 0 aliphatic rings. The molecule has 0 bridgehead atoms. The summed E-state index contributed by atoms with van der Waals surface area (Å²) in [6.07, 6.45) is 0. The molecule has 2 aromatic carbocycles. The summed E-state index contributed by atoms with van der Waals surface area (Å²) in [5.41, 5.74) is 2.18. The van der Waals surface area contributed by atoms with E-state index in [1.54, 1.807) is 0 Å². The molecule has 1 aromatic heterocycles. The Balaban J connectivity index is 0.00000144. The van der Waals surface area contributed by atoms with E-state index in [1.165, 1.54) is 0 Å². The van der Waals surface area contributed by atoms with Crippen LogP contribution in [0.3, 0.4) is 0 Å². The minimum Gasteiger partial charge on any atom is -0.486 e. The molecule has 0 saturated heterocycles. The Kier molecular flexibility index (Phi) is 7.71. The van der Waals surface area contributed by atoms with Crippen molar-refractivity contribution in [2.75, 3.05) is 20.6 Å². The molecule has 0 spiro atoms. The van der Waals surface area contributed by atoms with Gasteiger partial charge in [-0.15, -0.1) is 12.4 Å². The summed E-state index contributed by atoms with van der Waals surface area (Å²) in [5.74, 6) is 1.83. The maximum atomic E-state index is 5.87. The van der Waals surface area contributed by atoms with E-state index in [0.717, 1.165) is 35.7 Å². The van der Waals surface area contributed by atoms with Crippen LogP contribution in [0.4, 0.5) is 0 Å². The van der Waals surface area contributed by atoms with Gasteiger partial charge in [0.1, 0.15) is 18.2 Å². The van der Waals surface area contributed by atoms with Gasteiger partial charge in [-0.05, 0) is 38.4 Å². The zero-order chi connectivity index (χ0) is 15.4. The third kappa shape index (κ3) is 4.71. The van der Waals surface area contributed by atoms with Crippen LogP contribution >= 0.6 is 12.4 Å². The first-order chi connectivity index (χ1) is 10.7. The van der Waals surface area contributed by atoms with Crippen molar-refractivity contribution in [3.05, 3.63) is 60.4 Å². The number of hydrogen-bond donors (Lipinski definition) is 0. The van der Waals surface area contributed by atoms with Crippen LogP contribution in [-0.4, -0.2) is 40.6 Å². The lowest BCUT2D eigenvalue weighted by molar-refractivity contribution is 0.286. The number of ether oxygens (including phenoxy) is 1. The van der Waals surface area contributed by atoms with E-state index in [9.17, 15) is 0 Å². The fourth-order valence-electron chi connectivity index (χ4n) is 2.45. The summed E-state index contributed by atoms with van der Waals surface area (Å²) >= 11 is 0. The third-order valence-corrected chi connectivity index (χ3v) is 3.62. The molecular formula is C18H24ClN3O2. The molecule has 0 radical (unpaired) electrons. The van der Waals surface area contributed by atoms with Gasteiger partial charge >= 0.3 is 0 Å². The lowest BCUT2D eigenvalue weighted by atomic mass is 10.3. The molecule has 0 aliphatic carbocycles. The maximum absolute atomic E-state index is 5.87. The number of nitrogens with zero attached hydrogens (tertiary/aromatic N) is 3. The Morgan fingerprint density at radius 3 is 2.38 bits per heavy atom. The Hall–Kier alpha value is -2.08. The monoisotopic (exact) mass is 349 g/mol. The molecule has 0 aliphatic heterocycles. The summed E-state index contributed by atoms with van der Waals surface area (Å²) in [6, 6.07) is 18.1. The van der Waals surface area contributed by atoms with E-state index in [1.807, 2.05) is 42.5 Å². The first-order valence-electron chi connectivity index (χ1n) is 7.51. The number of rotatable bonds is 6. The van der Waals surface area contributed by atoms with Crippen LogP contribution in [0.1, 0.15) is 5.82 Å². The van der Waals surface area contributed by atoms with E-state index >= 15 is 0 Å². The van der Waals surface area contributed by atoms with E-state index in [-0.39, 0.29) is 17.9 Å². The van der Waals surface area contributed by atoms with Crippen molar-refractivity contribution >= 4 is 23.4 Å². The molecule has 3 rings (SSSR count). The Bertz CT molecular complexity index is 744. The van der Waals surface area contributed by atoms with Gasteiger partial charge < -0.3 is 19.7 Å². The molecule has 1 heterocycles. The van der Waals surface area contributed by atoms with Crippen LogP contribution in [0.25, 0.3) is 11.0 Å². The highest BCUT2D eigenvalue weighted by atomic mass is 35.5. The summed E-state index contributed by atoms with van der Waals surface area (Å²) in [6.45, 7) is 2.35. The van der Waals surface area contributed by atoms with Crippen LogP contribution < -0.4 is 4.74 Å². The number of benzene rings is 2. The van der Waals surface area contributed by atoms with E-state index in [2.05, 4.69) is 35.7 Å². The predicted octanol–water partition coefficient (Wildman–Crippen LogP) is 2.77. The molecule has 3 aromatic rings. The van der Waals surface area contributed by atoms with E-state index in [4.69, 9.17) is 9.72 Å². The molecule has 0 unspecified atom stereocenters. The molecule has 2 N–H and O–H groups in total. The van der Waals surface area contributed by atoms with E-state index in [0.29, 0.717) is 6.61 Å². The van der Waals surface area contributed by atoms with Gasteiger partial charge in [0.2, 0.25) is 0 Å². The highest BCUT2D eigenvalue weighted by Gasteiger charge is 2.11. The topological polar surface area (TPSA) is 61.8 Å². The van der Waals surface area contributed by atoms with Gasteiger partial charge in [-0.3, -0.25) is 0 Å². The highest BCUT2D eigenvalue weighted by molar-refractivity contribution is 5.85. The maximum Gasteiger partial charge on any atom is 0.148 e. The second-order valence-electron chi connectivity index (χ2n) is 5.57. The van der Waals surface area contributed by atoms with Crippen LogP contribution in [0.15, 0.2) is 54.6 Å². The van der Waals surface area contributed by atoms with Crippen molar-refractivity contribution in [2.24, 2.45) is 0 Å². The van der Waals surface area contributed by atoms with E-state index < -0.39 is 0 Å². The van der Waals surface area contributed by atoms with Crippen molar-refractivity contribution in [1.82, 2.24) is 14.5 Å². The minimum absolute atomic E-state index is 0. The molecular weight excluding hydrogens is 326 g/mol. The Morgan fingerprint density at radius 1 is 1.00 bits per heavy atom. The summed E-state index contributed by atoms with van der Waals surface area (Å²) in [7, 11) is 4.17. The van der Waals surface area contributed by atoms with Gasteiger partial charge in [0.15, 0.2) is 0 Å². The number of aromatic nitrogens is 2. The van der Waals surface area contributed by atoms with Crippen molar-refractivity contribution < 1.29 is 10.2 Å². The second kappa shape index (κ2) is 9.27. The largest absolute Gasteiger partial charge is 0.486 e. The first-order valence-corrected chi connectivity index (χ1v) is 7.51. The van der Waals surface area contributed by atoms with Crippen molar-refractivity contribution in [2.45, 2.75) is 13.2 Å². The third-order valence-electron chi connectivity index (χ3n) is 3.62.